The zero-order chi connectivity index (χ0) is 11.8. The quantitative estimate of drug-likeness (QED) is 0.635. The first-order chi connectivity index (χ1) is 8.27. The van der Waals surface area contributed by atoms with Gasteiger partial charge in [0.1, 0.15) is 0 Å². The molecule has 1 unspecified atom stereocenters. The Morgan fingerprint density at radius 2 is 1.88 bits per heavy atom. The van der Waals surface area contributed by atoms with Crippen LogP contribution in [0.2, 0.25) is 0 Å². The van der Waals surface area contributed by atoms with Crippen molar-refractivity contribution < 1.29 is 0 Å². The van der Waals surface area contributed by atoms with Crippen molar-refractivity contribution in [2.75, 3.05) is 0 Å². The van der Waals surface area contributed by atoms with Crippen molar-refractivity contribution in [2.24, 2.45) is 5.92 Å². The molecule has 0 aliphatic heterocycles. The Bertz CT molecular complexity index is 540. The molecule has 0 N–H and O–H groups in total. The normalized spacial score (nSPS) is 18.0. The number of halogens is 1. The minimum atomic E-state index is 0.190. The van der Waals surface area contributed by atoms with Crippen LogP contribution >= 0.6 is 11.6 Å². The second-order valence-corrected chi connectivity index (χ2v) is 5.58. The zero-order valence-electron chi connectivity index (χ0n) is 10.1. The largest absolute Gasteiger partial charge is 0.117 e. The number of benzene rings is 2. The summed E-state index contributed by atoms with van der Waals surface area (Å²) < 4.78 is 0. The van der Waals surface area contributed by atoms with Gasteiger partial charge in [-0.05, 0) is 47.6 Å². The van der Waals surface area contributed by atoms with Crippen molar-refractivity contribution in [3.05, 3.63) is 47.5 Å². The van der Waals surface area contributed by atoms with Crippen LogP contribution in [-0.2, 0) is 0 Å². The van der Waals surface area contributed by atoms with E-state index in [-0.39, 0.29) is 5.38 Å². The average Bonchev–Trinajstić information content (AvgIpc) is 2.26. The predicted molar refractivity (Wildman–Crippen MR) is 74.6 cm³/mol. The first kappa shape index (κ1) is 11.1. The molecule has 1 atom stereocenters. The summed E-state index contributed by atoms with van der Waals surface area (Å²) >= 11 is 6.69. The van der Waals surface area contributed by atoms with E-state index in [4.69, 9.17) is 11.6 Å². The van der Waals surface area contributed by atoms with E-state index in [0.29, 0.717) is 5.92 Å². The molecular formula is C16H17Cl. The number of aryl methyl sites for hydroxylation is 1. The molecule has 88 valence electrons. The Kier molecular flexibility index (Phi) is 2.84. The zero-order valence-corrected chi connectivity index (χ0v) is 10.9. The molecule has 1 fully saturated rings. The number of hydrogen-bond acceptors (Lipinski definition) is 0. The highest BCUT2D eigenvalue weighted by molar-refractivity contribution is 6.22. The van der Waals surface area contributed by atoms with E-state index < -0.39 is 0 Å². The lowest BCUT2D eigenvalue weighted by Gasteiger charge is -2.31. The van der Waals surface area contributed by atoms with Crippen LogP contribution in [0.3, 0.4) is 0 Å². The molecule has 2 aromatic carbocycles. The molecule has 0 spiro atoms. The fourth-order valence-corrected chi connectivity index (χ4v) is 3.28. The molecule has 2 aromatic rings. The van der Waals surface area contributed by atoms with E-state index >= 15 is 0 Å². The lowest BCUT2D eigenvalue weighted by atomic mass is 9.78. The van der Waals surface area contributed by atoms with Crippen LogP contribution < -0.4 is 0 Å². The van der Waals surface area contributed by atoms with E-state index in [1.54, 1.807) is 0 Å². The van der Waals surface area contributed by atoms with Gasteiger partial charge in [-0.25, -0.2) is 0 Å². The highest BCUT2D eigenvalue weighted by atomic mass is 35.5. The van der Waals surface area contributed by atoms with Gasteiger partial charge in [-0.3, -0.25) is 0 Å². The van der Waals surface area contributed by atoms with Crippen LogP contribution in [0.5, 0.6) is 0 Å². The third-order valence-corrected chi connectivity index (χ3v) is 4.60. The smallest absolute Gasteiger partial charge is 0.0622 e. The second kappa shape index (κ2) is 4.34. The standard InChI is InChI=1S/C16H17Cl/c1-11-9-10-12-5-2-3-8-14(12)15(11)16(17)13-6-4-7-13/h2-3,5,8-10,13,16H,4,6-7H2,1H3. The Morgan fingerprint density at radius 3 is 2.59 bits per heavy atom. The first-order valence-corrected chi connectivity index (χ1v) is 6.83. The molecule has 0 radical (unpaired) electrons. The molecule has 1 aliphatic carbocycles. The average molecular weight is 245 g/mol. The molecular weight excluding hydrogens is 228 g/mol. The highest BCUT2D eigenvalue weighted by Gasteiger charge is 2.28. The maximum atomic E-state index is 6.69. The summed E-state index contributed by atoms with van der Waals surface area (Å²) in [6, 6.07) is 13.0. The highest BCUT2D eigenvalue weighted by Crippen LogP contribution is 2.44. The van der Waals surface area contributed by atoms with Gasteiger partial charge in [-0.15, -0.1) is 11.6 Å². The van der Waals surface area contributed by atoms with E-state index in [1.807, 2.05) is 0 Å². The molecule has 0 nitrogen and oxygen atoms in total. The topological polar surface area (TPSA) is 0 Å². The summed E-state index contributed by atoms with van der Waals surface area (Å²) in [6.45, 7) is 2.18. The fraction of sp³-hybridized carbons (Fsp3) is 0.375. The van der Waals surface area contributed by atoms with Gasteiger partial charge in [0, 0.05) is 0 Å². The van der Waals surface area contributed by atoms with Gasteiger partial charge in [0.25, 0.3) is 0 Å². The molecule has 0 saturated heterocycles. The van der Waals surface area contributed by atoms with Crippen molar-refractivity contribution in [3.63, 3.8) is 0 Å². The van der Waals surface area contributed by atoms with Crippen molar-refractivity contribution in [3.8, 4) is 0 Å². The lowest BCUT2D eigenvalue weighted by molar-refractivity contribution is 0.306. The lowest BCUT2D eigenvalue weighted by Crippen LogP contribution is -2.17. The molecule has 1 aliphatic rings. The SMILES string of the molecule is Cc1ccc2ccccc2c1C(Cl)C1CCC1. The van der Waals surface area contributed by atoms with Gasteiger partial charge < -0.3 is 0 Å². The number of rotatable bonds is 2. The second-order valence-electron chi connectivity index (χ2n) is 5.11. The van der Waals surface area contributed by atoms with Gasteiger partial charge in [0.05, 0.1) is 5.38 Å². The number of alkyl halides is 1. The molecule has 1 saturated carbocycles. The van der Waals surface area contributed by atoms with Gasteiger partial charge in [0.15, 0.2) is 0 Å². The van der Waals surface area contributed by atoms with E-state index in [9.17, 15) is 0 Å². The summed E-state index contributed by atoms with van der Waals surface area (Å²) in [4.78, 5) is 0. The third kappa shape index (κ3) is 1.85. The summed E-state index contributed by atoms with van der Waals surface area (Å²) in [6.07, 6.45) is 3.92. The number of hydrogen-bond donors (Lipinski definition) is 0. The van der Waals surface area contributed by atoms with Crippen molar-refractivity contribution >= 4 is 22.4 Å². The Hall–Kier alpha value is -1.01. The molecule has 3 rings (SSSR count). The van der Waals surface area contributed by atoms with Crippen molar-refractivity contribution in [1.82, 2.24) is 0 Å². The van der Waals surface area contributed by atoms with E-state index in [0.717, 1.165) is 0 Å². The molecule has 0 heterocycles. The van der Waals surface area contributed by atoms with Gasteiger partial charge in [-0.1, -0.05) is 42.8 Å². The first-order valence-electron chi connectivity index (χ1n) is 6.39. The van der Waals surface area contributed by atoms with Gasteiger partial charge in [0.2, 0.25) is 0 Å². The molecule has 1 heteroatoms. The summed E-state index contributed by atoms with van der Waals surface area (Å²) in [5.41, 5.74) is 2.69. The van der Waals surface area contributed by atoms with E-state index in [1.165, 1.54) is 41.2 Å². The molecule has 0 bridgehead atoms. The van der Waals surface area contributed by atoms with E-state index in [2.05, 4.69) is 43.3 Å². The van der Waals surface area contributed by atoms with Crippen molar-refractivity contribution in [1.29, 1.82) is 0 Å². The minimum absolute atomic E-state index is 0.190. The van der Waals surface area contributed by atoms with Crippen LogP contribution in [0.1, 0.15) is 35.8 Å². The third-order valence-electron chi connectivity index (χ3n) is 4.03. The van der Waals surface area contributed by atoms with Crippen LogP contribution in [-0.4, -0.2) is 0 Å². The summed E-state index contributed by atoms with van der Waals surface area (Å²) in [5.74, 6) is 0.682. The van der Waals surface area contributed by atoms with Crippen LogP contribution in [0.4, 0.5) is 0 Å². The van der Waals surface area contributed by atoms with Crippen LogP contribution in [0.15, 0.2) is 36.4 Å². The maximum absolute atomic E-state index is 6.69. The Balaban J connectivity index is 2.15. The van der Waals surface area contributed by atoms with Crippen LogP contribution in [0, 0.1) is 12.8 Å². The molecule has 0 aromatic heterocycles. The Morgan fingerprint density at radius 1 is 1.12 bits per heavy atom. The Labute approximate surface area is 108 Å². The predicted octanol–water partition coefficient (Wildman–Crippen LogP) is 5.23. The van der Waals surface area contributed by atoms with Crippen molar-refractivity contribution in [2.45, 2.75) is 31.6 Å². The summed E-state index contributed by atoms with van der Waals surface area (Å²) in [7, 11) is 0. The number of fused-ring (bicyclic) bond motifs is 1. The minimum Gasteiger partial charge on any atom is -0.117 e. The van der Waals surface area contributed by atoms with Crippen LogP contribution in [0.25, 0.3) is 10.8 Å². The fourth-order valence-electron chi connectivity index (χ4n) is 2.74. The summed E-state index contributed by atoms with van der Waals surface area (Å²) in [5, 5.41) is 2.83. The molecule has 0 amide bonds. The van der Waals surface area contributed by atoms with Gasteiger partial charge >= 0.3 is 0 Å². The van der Waals surface area contributed by atoms with Gasteiger partial charge in [-0.2, -0.15) is 0 Å². The molecule has 17 heavy (non-hydrogen) atoms. The maximum Gasteiger partial charge on any atom is 0.0622 e. The monoisotopic (exact) mass is 244 g/mol.